The number of rotatable bonds is 6. The number of ether oxygens (including phenoxy) is 2. The molecule has 0 aromatic heterocycles. The summed E-state index contributed by atoms with van der Waals surface area (Å²) in [5.74, 6) is 0.422. The van der Waals surface area contributed by atoms with E-state index in [1.54, 1.807) is 19.1 Å². The lowest BCUT2D eigenvalue weighted by molar-refractivity contribution is -0.134. The number of benzene rings is 2. The third kappa shape index (κ3) is 3.80. The van der Waals surface area contributed by atoms with Crippen LogP contribution in [0.2, 0.25) is 0 Å². The van der Waals surface area contributed by atoms with Gasteiger partial charge in [-0.25, -0.2) is 4.79 Å². The van der Waals surface area contributed by atoms with Crippen molar-refractivity contribution in [2.24, 2.45) is 0 Å². The van der Waals surface area contributed by atoms with Crippen molar-refractivity contribution in [3.8, 4) is 11.5 Å². The summed E-state index contributed by atoms with van der Waals surface area (Å²) in [6.45, 7) is 3.33. The lowest BCUT2D eigenvalue weighted by Gasteiger charge is -2.22. The van der Waals surface area contributed by atoms with Crippen LogP contribution in [0.15, 0.2) is 48.5 Å². The fraction of sp³-hybridized carbons (Fsp3) is 0.318. The summed E-state index contributed by atoms with van der Waals surface area (Å²) >= 11 is 0. The molecule has 4 amide bonds. The molecule has 2 atom stereocenters. The summed E-state index contributed by atoms with van der Waals surface area (Å²) in [5, 5.41) is 5.55. The number of hydrogen-bond donors (Lipinski definition) is 2. The highest BCUT2D eigenvalue weighted by molar-refractivity contribution is 6.09. The second-order valence-corrected chi connectivity index (χ2v) is 7.72. The Labute approximate surface area is 174 Å². The van der Waals surface area contributed by atoms with Crippen LogP contribution in [0.25, 0.3) is 0 Å². The van der Waals surface area contributed by atoms with Gasteiger partial charge in [0.25, 0.3) is 5.91 Å². The van der Waals surface area contributed by atoms with E-state index in [0.717, 1.165) is 16.0 Å². The Balaban J connectivity index is 1.41. The van der Waals surface area contributed by atoms with Crippen molar-refractivity contribution >= 4 is 17.8 Å². The van der Waals surface area contributed by atoms with Gasteiger partial charge >= 0.3 is 6.03 Å². The van der Waals surface area contributed by atoms with Crippen LogP contribution in [0.4, 0.5) is 4.79 Å². The van der Waals surface area contributed by atoms with Gasteiger partial charge in [0.05, 0.1) is 6.04 Å². The van der Waals surface area contributed by atoms with E-state index in [-0.39, 0.29) is 25.8 Å². The number of nitrogens with one attached hydrogen (secondary N) is 2. The number of amides is 4. The number of hydrogen-bond acceptors (Lipinski definition) is 5. The van der Waals surface area contributed by atoms with Crippen LogP contribution in [-0.2, 0) is 16.0 Å². The molecule has 0 bridgehead atoms. The molecule has 0 aliphatic carbocycles. The standard InChI is InChI=1S/C22H23N3O5/c1-14(16-6-4-3-5-7-16)23-19(26)12-25-20(27)22(2,24-21(25)28)11-15-8-9-17-18(10-15)30-13-29-17/h3-10,14H,11-13H2,1-2H3,(H,23,26)(H,24,28)/t14-,22+/m0/s1. The minimum atomic E-state index is -1.14. The molecule has 0 radical (unpaired) electrons. The topological polar surface area (TPSA) is 97.0 Å². The van der Waals surface area contributed by atoms with Gasteiger partial charge < -0.3 is 20.1 Å². The average molecular weight is 409 g/mol. The molecule has 2 aromatic carbocycles. The highest BCUT2D eigenvalue weighted by Gasteiger charge is 2.48. The summed E-state index contributed by atoms with van der Waals surface area (Å²) in [6, 6.07) is 14.1. The smallest absolute Gasteiger partial charge is 0.325 e. The first kappa shape index (κ1) is 19.8. The Morgan fingerprint density at radius 1 is 1.17 bits per heavy atom. The van der Waals surface area contributed by atoms with Crippen LogP contribution in [-0.4, -0.2) is 41.6 Å². The van der Waals surface area contributed by atoms with Gasteiger partial charge in [-0.3, -0.25) is 14.5 Å². The summed E-state index contributed by atoms with van der Waals surface area (Å²) in [5.41, 5.74) is 0.617. The van der Waals surface area contributed by atoms with Gasteiger partial charge in [0, 0.05) is 6.42 Å². The molecule has 30 heavy (non-hydrogen) atoms. The monoisotopic (exact) mass is 409 g/mol. The van der Waals surface area contributed by atoms with Gasteiger partial charge in [-0.1, -0.05) is 36.4 Å². The minimum absolute atomic E-state index is 0.163. The molecule has 8 heteroatoms. The van der Waals surface area contributed by atoms with E-state index in [1.165, 1.54) is 0 Å². The van der Waals surface area contributed by atoms with Crippen molar-refractivity contribution in [1.29, 1.82) is 0 Å². The molecule has 8 nitrogen and oxygen atoms in total. The molecule has 2 aliphatic rings. The van der Waals surface area contributed by atoms with E-state index in [9.17, 15) is 14.4 Å². The molecule has 4 rings (SSSR count). The molecule has 1 fully saturated rings. The average Bonchev–Trinajstić information content (AvgIpc) is 3.26. The molecular formula is C22H23N3O5. The zero-order valence-corrected chi connectivity index (χ0v) is 16.8. The predicted octanol–water partition coefficient (Wildman–Crippen LogP) is 2.15. The quantitative estimate of drug-likeness (QED) is 0.713. The summed E-state index contributed by atoms with van der Waals surface area (Å²) in [6.07, 6.45) is 0.271. The second-order valence-electron chi connectivity index (χ2n) is 7.72. The number of carbonyl (C=O) groups is 3. The summed E-state index contributed by atoms with van der Waals surface area (Å²) in [7, 11) is 0. The van der Waals surface area contributed by atoms with Crippen molar-refractivity contribution in [2.45, 2.75) is 31.8 Å². The van der Waals surface area contributed by atoms with E-state index in [4.69, 9.17) is 9.47 Å². The van der Waals surface area contributed by atoms with Crippen LogP contribution in [0.5, 0.6) is 11.5 Å². The maximum absolute atomic E-state index is 13.0. The first-order valence-corrected chi connectivity index (χ1v) is 9.73. The fourth-order valence-corrected chi connectivity index (χ4v) is 3.73. The van der Waals surface area contributed by atoms with Crippen molar-refractivity contribution < 1.29 is 23.9 Å². The van der Waals surface area contributed by atoms with Gasteiger partial charge in [0.1, 0.15) is 12.1 Å². The molecule has 2 aliphatic heterocycles. The number of imide groups is 1. The van der Waals surface area contributed by atoms with Crippen LogP contribution < -0.4 is 20.1 Å². The highest BCUT2D eigenvalue weighted by Crippen LogP contribution is 2.34. The van der Waals surface area contributed by atoms with Gasteiger partial charge in [-0.15, -0.1) is 0 Å². The van der Waals surface area contributed by atoms with E-state index in [1.807, 2.05) is 43.3 Å². The molecule has 0 saturated carbocycles. The van der Waals surface area contributed by atoms with E-state index >= 15 is 0 Å². The number of carbonyl (C=O) groups excluding carboxylic acids is 3. The highest BCUT2D eigenvalue weighted by atomic mass is 16.7. The van der Waals surface area contributed by atoms with Crippen LogP contribution in [0.1, 0.15) is 31.0 Å². The van der Waals surface area contributed by atoms with Crippen molar-refractivity contribution in [3.63, 3.8) is 0 Å². The molecule has 2 aromatic rings. The molecular weight excluding hydrogens is 386 g/mol. The van der Waals surface area contributed by atoms with Crippen molar-refractivity contribution in [1.82, 2.24) is 15.5 Å². The van der Waals surface area contributed by atoms with E-state index in [0.29, 0.717) is 11.5 Å². The molecule has 0 spiro atoms. The molecule has 0 unspecified atom stereocenters. The lowest BCUT2D eigenvalue weighted by atomic mass is 9.92. The van der Waals surface area contributed by atoms with Gasteiger partial charge in [0.2, 0.25) is 12.7 Å². The SMILES string of the molecule is C[C@H](NC(=O)CN1C(=O)N[C@](C)(Cc2ccc3c(c2)OCO3)C1=O)c1ccccc1. The zero-order valence-electron chi connectivity index (χ0n) is 16.8. The Morgan fingerprint density at radius 3 is 2.67 bits per heavy atom. The third-order valence-corrected chi connectivity index (χ3v) is 5.32. The number of nitrogens with zero attached hydrogens (tertiary/aromatic N) is 1. The third-order valence-electron chi connectivity index (χ3n) is 5.32. The van der Waals surface area contributed by atoms with Crippen LogP contribution >= 0.6 is 0 Å². The molecule has 2 heterocycles. The Bertz CT molecular complexity index is 994. The summed E-state index contributed by atoms with van der Waals surface area (Å²) in [4.78, 5) is 38.8. The largest absolute Gasteiger partial charge is 0.454 e. The van der Waals surface area contributed by atoms with Crippen LogP contribution in [0, 0.1) is 0 Å². The van der Waals surface area contributed by atoms with E-state index < -0.39 is 23.4 Å². The normalized spacial score (nSPS) is 20.8. The van der Waals surface area contributed by atoms with Crippen molar-refractivity contribution in [2.75, 3.05) is 13.3 Å². The van der Waals surface area contributed by atoms with E-state index in [2.05, 4.69) is 10.6 Å². The maximum Gasteiger partial charge on any atom is 0.325 e. The Hall–Kier alpha value is -3.55. The van der Waals surface area contributed by atoms with Crippen molar-refractivity contribution in [3.05, 3.63) is 59.7 Å². The van der Waals surface area contributed by atoms with Gasteiger partial charge in [-0.05, 0) is 37.1 Å². The Morgan fingerprint density at radius 2 is 1.90 bits per heavy atom. The van der Waals surface area contributed by atoms with Gasteiger partial charge in [0.15, 0.2) is 11.5 Å². The molecule has 2 N–H and O–H groups in total. The zero-order chi connectivity index (χ0) is 21.3. The molecule has 156 valence electrons. The lowest BCUT2D eigenvalue weighted by Crippen LogP contribution is -2.47. The Kier molecular flexibility index (Phi) is 5.07. The number of fused-ring (bicyclic) bond motifs is 1. The second kappa shape index (κ2) is 7.70. The molecule has 1 saturated heterocycles. The summed E-state index contributed by atoms with van der Waals surface area (Å²) < 4.78 is 10.7. The number of urea groups is 1. The predicted molar refractivity (Wildman–Crippen MR) is 108 cm³/mol. The first-order chi connectivity index (χ1) is 14.4. The minimum Gasteiger partial charge on any atom is -0.454 e. The maximum atomic E-state index is 13.0. The fourth-order valence-electron chi connectivity index (χ4n) is 3.73. The van der Waals surface area contributed by atoms with Crippen LogP contribution in [0.3, 0.4) is 0 Å². The van der Waals surface area contributed by atoms with Gasteiger partial charge in [-0.2, -0.15) is 0 Å². The first-order valence-electron chi connectivity index (χ1n) is 9.73.